The molecule has 5 rings (SSSR count). The number of carbonyl (C=O) groups is 2. The van der Waals surface area contributed by atoms with Crippen LogP contribution in [0.1, 0.15) is 61.9 Å². The highest BCUT2D eigenvalue weighted by Crippen LogP contribution is 2.47. The summed E-state index contributed by atoms with van der Waals surface area (Å²) in [6.07, 6.45) is 5.99. The predicted octanol–water partition coefficient (Wildman–Crippen LogP) is 3.32. The number of aliphatic hydroxyl groups excluding tert-OH is 1. The van der Waals surface area contributed by atoms with Crippen LogP contribution in [0.4, 0.5) is 0 Å². The number of aromatic nitrogens is 1. The Balaban J connectivity index is 1.40. The van der Waals surface area contributed by atoms with E-state index < -0.39 is 18.3 Å². The van der Waals surface area contributed by atoms with Crippen LogP contribution in [0.3, 0.4) is 0 Å². The molecule has 1 aliphatic carbocycles. The van der Waals surface area contributed by atoms with Gasteiger partial charge in [-0.15, -0.1) is 0 Å². The van der Waals surface area contributed by atoms with Gasteiger partial charge in [0, 0.05) is 24.4 Å². The highest BCUT2D eigenvalue weighted by Gasteiger charge is 2.49. The normalized spacial score (nSPS) is 24.7. The maximum atomic E-state index is 13.9. The second kappa shape index (κ2) is 10.5. The van der Waals surface area contributed by atoms with E-state index >= 15 is 0 Å². The lowest BCUT2D eigenvalue weighted by atomic mass is 9.72. The standard InChI is InChI=1S/C27H34ClN5O4/c1-37-22-6-5-19(28)23-18(22)12-20(32-23)26(36)33-15-27(8-3-2-4-9-27)13-21(33)25(35)31-17(14-29)11-16-7-10-30-24(16)34/h5-6,12,16-17,21,25,31-32,35H,2-4,7-11,13,15H2,1H3,(H,30,34)/t16-,17-,21?,25?/m0/s1. The lowest BCUT2D eigenvalue weighted by Crippen LogP contribution is -2.52. The van der Waals surface area contributed by atoms with Gasteiger partial charge in [0.25, 0.3) is 5.91 Å². The Morgan fingerprint density at radius 2 is 2.16 bits per heavy atom. The van der Waals surface area contributed by atoms with Gasteiger partial charge in [-0.1, -0.05) is 30.9 Å². The molecule has 1 aromatic heterocycles. The molecule has 2 aromatic rings. The third kappa shape index (κ3) is 5.02. The number of hydrogen-bond acceptors (Lipinski definition) is 6. The number of benzene rings is 1. The maximum Gasteiger partial charge on any atom is 0.270 e. The third-order valence-electron chi connectivity index (χ3n) is 8.45. The number of nitrogens with one attached hydrogen (secondary N) is 3. The highest BCUT2D eigenvalue weighted by atomic mass is 35.5. The van der Waals surface area contributed by atoms with Crippen molar-refractivity contribution in [3.63, 3.8) is 0 Å². The number of methoxy groups -OCH3 is 1. The van der Waals surface area contributed by atoms with Crippen molar-refractivity contribution in [2.24, 2.45) is 11.3 Å². The lowest BCUT2D eigenvalue weighted by molar-refractivity contribution is -0.122. The minimum atomic E-state index is -1.10. The Hall–Kier alpha value is -2.80. The van der Waals surface area contributed by atoms with Crippen molar-refractivity contribution in [1.29, 1.82) is 5.26 Å². The van der Waals surface area contributed by atoms with Crippen LogP contribution in [0.15, 0.2) is 18.2 Å². The molecular weight excluding hydrogens is 494 g/mol. The summed E-state index contributed by atoms with van der Waals surface area (Å²) >= 11 is 6.39. The van der Waals surface area contributed by atoms with Crippen molar-refractivity contribution in [3.8, 4) is 11.8 Å². The molecule has 3 fully saturated rings. The molecule has 37 heavy (non-hydrogen) atoms. The highest BCUT2D eigenvalue weighted by molar-refractivity contribution is 6.35. The van der Waals surface area contributed by atoms with Crippen LogP contribution < -0.4 is 15.4 Å². The first-order valence-electron chi connectivity index (χ1n) is 13.1. The van der Waals surface area contributed by atoms with E-state index in [9.17, 15) is 20.0 Å². The van der Waals surface area contributed by atoms with E-state index in [1.165, 1.54) is 6.42 Å². The van der Waals surface area contributed by atoms with E-state index in [1.807, 2.05) is 0 Å². The summed E-state index contributed by atoms with van der Waals surface area (Å²) < 4.78 is 5.46. The number of hydrogen-bond donors (Lipinski definition) is 4. The van der Waals surface area contributed by atoms with E-state index in [0.29, 0.717) is 54.3 Å². The van der Waals surface area contributed by atoms with Crippen LogP contribution in [-0.4, -0.2) is 65.3 Å². The maximum absolute atomic E-state index is 13.9. The number of ether oxygens (including phenoxy) is 1. The molecular formula is C27H34ClN5O4. The second-order valence-electron chi connectivity index (χ2n) is 10.8. The number of nitrogens with zero attached hydrogens (tertiary/aromatic N) is 2. The summed E-state index contributed by atoms with van der Waals surface area (Å²) in [4.78, 5) is 30.8. The van der Waals surface area contributed by atoms with Crippen LogP contribution >= 0.6 is 11.6 Å². The van der Waals surface area contributed by atoms with Gasteiger partial charge in [0.15, 0.2) is 0 Å². The molecule has 4 atom stereocenters. The Bertz CT molecular complexity index is 1220. The number of aromatic amines is 1. The van der Waals surface area contributed by atoms with Gasteiger partial charge < -0.3 is 25.0 Å². The Labute approximate surface area is 221 Å². The number of carbonyl (C=O) groups excluding carboxylic acids is 2. The van der Waals surface area contributed by atoms with Gasteiger partial charge in [0.1, 0.15) is 17.7 Å². The molecule has 4 N–H and O–H groups in total. The summed E-state index contributed by atoms with van der Waals surface area (Å²) in [5.41, 5.74) is 0.965. The fraction of sp³-hybridized carbons (Fsp3) is 0.593. The van der Waals surface area contributed by atoms with Gasteiger partial charge in [-0.05, 0) is 55.7 Å². The van der Waals surface area contributed by atoms with Crippen LogP contribution in [0, 0.1) is 22.7 Å². The summed E-state index contributed by atoms with van der Waals surface area (Å²) in [5.74, 6) is 0.0990. The van der Waals surface area contributed by atoms with Crippen LogP contribution in [0.25, 0.3) is 10.9 Å². The van der Waals surface area contributed by atoms with Crippen molar-refractivity contribution in [2.75, 3.05) is 20.2 Å². The van der Waals surface area contributed by atoms with Crippen LogP contribution in [0.5, 0.6) is 5.75 Å². The van der Waals surface area contributed by atoms with Crippen molar-refractivity contribution in [2.45, 2.75) is 69.7 Å². The monoisotopic (exact) mass is 527 g/mol. The molecule has 1 aromatic carbocycles. The van der Waals surface area contributed by atoms with Crippen molar-refractivity contribution in [1.82, 2.24) is 20.5 Å². The minimum absolute atomic E-state index is 0.0456. The van der Waals surface area contributed by atoms with Crippen molar-refractivity contribution >= 4 is 34.3 Å². The number of H-pyrrole nitrogens is 1. The molecule has 1 saturated carbocycles. The van der Waals surface area contributed by atoms with E-state index in [0.717, 1.165) is 31.1 Å². The SMILES string of the molecule is COc1ccc(Cl)c2[nH]c(C(=O)N3CC4(CCCCC4)CC3C(O)N[C@H](C#N)C[C@@H]3CCNC3=O)cc12. The molecule has 9 nitrogen and oxygen atoms in total. The van der Waals surface area contributed by atoms with Gasteiger partial charge in [-0.3, -0.25) is 14.9 Å². The van der Waals surface area contributed by atoms with Crippen molar-refractivity contribution in [3.05, 3.63) is 28.9 Å². The van der Waals surface area contributed by atoms with Crippen LogP contribution in [-0.2, 0) is 4.79 Å². The zero-order valence-electron chi connectivity index (χ0n) is 21.1. The zero-order chi connectivity index (χ0) is 26.2. The molecule has 10 heteroatoms. The topological polar surface area (TPSA) is 130 Å². The summed E-state index contributed by atoms with van der Waals surface area (Å²) in [7, 11) is 1.57. The van der Waals surface area contributed by atoms with E-state index in [2.05, 4.69) is 21.7 Å². The second-order valence-corrected chi connectivity index (χ2v) is 11.2. The van der Waals surface area contributed by atoms with Gasteiger partial charge >= 0.3 is 0 Å². The summed E-state index contributed by atoms with van der Waals surface area (Å²) in [6.45, 7) is 1.16. The molecule has 3 heterocycles. The van der Waals surface area contributed by atoms with Gasteiger partial charge in [-0.2, -0.15) is 5.26 Å². The number of fused-ring (bicyclic) bond motifs is 1. The molecule has 198 valence electrons. The number of amides is 2. The largest absolute Gasteiger partial charge is 0.496 e. The summed E-state index contributed by atoms with van der Waals surface area (Å²) in [5, 5.41) is 28.1. The molecule has 2 saturated heterocycles. The first-order valence-corrected chi connectivity index (χ1v) is 13.5. The minimum Gasteiger partial charge on any atom is -0.496 e. The number of rotatable bonds is 7. The van der Waals surface area contributed by atoms with Gasteiger partial charge in [0.2, 0.25) is 5.91 Å². The Morgan fingerprint density at radius 3 is 2.84 bits per heavy atom. The van der Waals surface area contributed by atoms with E-state index in [4.69, 9.17) is 16.3 Å². The molecule has 0 bridgehead atoms. The molecule has 1 spiro atoms. The molecule has 2 unspecified atom stereocenters. The molecule has 3 aliphatic rings. The fourth-order valence-electron chi connectivity index (χ4n) is 6.50. The van der Waals surface area contributed by atoms with Crippen LogP contribution in [0.2, 0.25) is 5.02 Å². The fourth-order valence-corrected chi connectivity index (χ4v) is 6.71. The molecule has 2 aliphatic heterocycles. The van der Waals surface area contributed by atoms with E-state index in [1.54, 1.807) is 30.2 Å². The van der Waals surface area contributed by atoms with Gasteiger partial charge in [0.05, 0.1) is 35.8 Å². The number of nitriles is 1. The van der Waals surface area contributed by atoms with Crippen molar-refractivity contribution < 1.29 is 19.4 Å². The quantitative estimate of drug-likeness (QED) is 0.409. The first-order chi connectivity index (χ1) is 17.8. The smallest absolute Gasteiger partial charge is 0.270 e. The number of aliphatic hydroxyl groups is 1. The zero-order valence-corrected chi connectivity index (χ0v) is 21.8. The Morgan fingerprint density at radius 1 is 1.38 bits per heavy atom. The molecule has 2 amide bonds. The average Bonchev–Trinajstić information content (AvgIpc) is 3.62. The average molecular weight is 528 g/mol. The predicted molar refractivity (Wildman–Crippen MR) is 139 cm³/mol. The molecule has 0 radical (unpaired) electrons. The lowest BCUT2D eigenvalue weighted by Gasteiger charge is -2.33. The first kappa shape index (κ1) is 25.8. The van der Waals surface area contributed by atoms with E-state index in [-0.39, 0.29) is 23.1 Å². The van der Waals surface area contributed by atoms with Gasteiger partial charge in [-0.25, -0.2) is 0 Å². The Kier molecular flexibility index (Phi) is 7.35. The number of likely N-dealkylation sites (tertiary alicyclic amines) is 1. The third-order valence-corrected chi connectivity index (χ3v) is 8.77. The number of halogens is 1. The summed E-state index contributed by atoms with van der Waals surface area (Å²) in [6, 6.07) is 6.25.